The summed E-state index contributed by atoms with van der Waals surface area (Å²) in [6, 6.07) is 13.1. The van der Waals surface area contributed by atoms with E-state index in [1.165, 1.54) is 7.11 Å². The second kappa shape index (κ2) is 5.82. The molecule has 0 aliphatic rings. The van der Waals surface area contributed by atoms with Crippen molar-refractivity contribution in [2.75, 3.05) is 12.4 Å². The maximum Gasteiger partial charge on any atom is 0.313 e. The third-order valence-electron chi connectivity index (χ3n) is 3.35. The molecule has 0 aliphatic carbocycles. The zero-order valence-corrected chi connectivity index (χ0v) is 11.9. The van der Waals surface area contributed by atoms with Gasteiger partial charge in [-0.1, -0.05) is 18.2 Å². The molecule has 0 spiro atoms. The average Bonchev–Trinajstić information content (AvgIpc) is 2.98. The first kappa shape index (κ1) is 14.2. The molecule has 1 aromatic heterocycles. The number of methoxy groups -OCH3 is 1. The summed E-state index contributed by atoms with van der Waals surface area (Å²) in [5.41, 5.74) is 0.161. The first-order valence-corrected chi connectivity index (χ1v) is 6.49. The van der Waals surface area contributed by atoms with E-state index in [-0.39, 0.29) is 12.0 Å². The number of esters is 1. The van der Waals surface area contributed by atoms with Crippen molar-refractivity contribution in [2.45, 2.75) is 19.9 Å². The highest BCUT2D eigenvalue weighted by molar-refractivity contribution is 5.77. The Kier molecular flexibility index (Phi) is 4.13. The van der Waals surface area contributed by atoms with Gasteiger partial charge in [-0.15, -0.1) is 0 Å². The first-order valence-electron chi connectivity index (χ1n) is 6.49. The lowest BCUT2D eigenvalue weighted by Crippen LogP contribution is -2.36. The van der Waals surface area contributed by atoms with Crippen molar-refractivity contribution in [1.82, 2.24) is 0 Å². The van der Waals surface area contributed by atoms with Crippen molar-refractivity contribution in [3.63, 3.8) is 0 Å². The third-order valence-corrected chi connectivity index (χ3v) is 3.35. The second-order valence-corrected chi connectivity index (χ2v) is 5.17. The summed E-state index contributed by atoms with van der Waals surface area (Å²) in [7, 11) is 1.39. The monoisotopic (exact) mass is 273 g/mol. The molecule has 0 amide bonds. The van der Waals surface area contributed by atoms with E-state index < -0.39 is 5.41 Å². The van der Waals surface area contributed by atoms with Crippen LogP contribution in [0.3, 0.4) is 0 Å². The van der Waals surface area contributed by atoms with Crippen molar-refractivity contribution in [3.8, 4) is 0 Å². The number of nitrogens with one attached hydrogen (secondary N) is 1. The number of furan rings is 1. The fourth-order valence-electron chi connectivity index (χ4n) is 2.14. The smallest absolute Gasteiger partial charge is 0.313 e. The fraction of sp³-hybridized carbons (Fsp3) is 0.312. The maximum absolute atomic E-state index is 12.1. The zero-order valence-electron chi connectivity index (χ0n) is 11.9. The Morgan fingerprint density at radius 1 is 1.20 bits per heavy atom. The highest BCUT2D eigenvalue weighted by Gasteiger charge is 2.40. The molecule has 0 radical (unpaired) electrons. The summed E-state index contributed by atoms with van der Waals surface area (Å²) < 4.78 is 10.4. The largest absolute Gasteiger partial charge is 0.469 e. The average molecular weight is 273 g/mol. The standard InChI is InChI=1S/C16H19NO3/c1-16(2,15(18)19-3)14(13-10-7-11-20-13)17-12-8-5-4-6-9-12/h4-11,14,17H,1-3H3. The molecule has 1 unspecified atom stereocenters. The Bertz CT molecular complexity index is 546. The summed E-state index contributed by atoms with van der Waals surface area (Å²) in [5.74, 6) is 0.409. The van der Waals surface area contributed by atoms with Gasteiger partial charge < -0.3 is 14.5 Å². The van der Waals surface area contributed by atoms with E-state index >= 15 is 0 Å². The van der Waals surface area contributed by atoms with Gasteiger partial charge in [-0.3, -0.25) is 4.79 Å². The molecule has 1 N–H and O–H groups in total. The van der Waals surface area contributed by atoms with E-state index in [1.807, 2.05) is 56.3 Å². The number of hydrogen-bond donors (Lipinski definition) is 1. The van der Waals surface area contributed by atoms with Crippen LogP contribution in [0.2, 0.25) is 0 Å². The van der Waals surface area contributed by atoms with E-state index in [2.05, 4.69) is 5.32 Å². The molecule has 2 aromatic rings. The molecule has 20 heavy (non-hydrogen) atoms. The molecular weight excluding hydrogens is 254 g/mol. The highest BCUT2D eigenvalue weighted by Crippen LogP contribution is 2.37. The number of ether oxygens (including phenoxy) is 1. The Labute approximate surface area is 118 Å². The van der Waals surface area contributed by atoms with Crippen molar-refractivity contribution in [2.24, 2.45) is 5.41 Å². The topological polar surface area (TPSA) is 51.5 Å². The summed E-state index contributed by atoms with van der Waals surface area (Å²) in [4.78, 5) is 12.1. The van der Waals surface area contributed by atoms with Crippen LogP contribution in [0.15, 0.2) is 53.1 Å². The van der Waals surface area contributed by atoms with Crippen LogP contribution < -0.4 is 5.32 Å². The van der Waals surface area contributed by atoms with E-state index in [9.17, 15) is 4.79 Å². The number of hydrogen-bond acceptors (Lipinski definition) is 4. The van der Waals surface area contributed by atoms with Crippen molar-refractivity contribution in [1.29, 1.82) is 0 Å². The fourth-order valence-corrected chi connectivity index (χ4v) is 2.14. The van der Waals surface area contributed by atoms with Gasteiger partial charge in [0.2, 0.25) is 0 Å². The van der Waals surface area contributed by atoms with Crippen LogP contribution in [-0.2, 0) is 9.53 Å². The van der Waals surface area contributed by atoms with E-state index in [1.54, 1.807) is 6.26 Å². The minimum Gasteiger partial charge on any atom is -0.469 e. The molecule has 2 rings (SSSR count). The Hall–Kier alpha value is -2.23. The van der Waals surface area contributed by atoms with Gasteiger partial charge in [0.1, 0.15) is 11.8 Å². The number of carbonyl (C=O) groups is 1. The lowest BCUT2D eigenvalue weighted by atomic mass is 9.82. The summed E-state index contributed by atoms with van der Waals surface area (Å²) in [5, 5.41) is 3.34. The van der Waals surface area contributed by atoms with Gasteiger partial charge in [-0.2, -0.15) is 0 Å². The Morgan fingerprint density at radius 3 is 2.45 bits per heavy atom. The second-order valence-electron chi connectivity index (χ2n) is 5.17. The summed E-state index contributed by atoms with van der Waals surface area (Å²) in [6.07, 6.45) is 1.60. The lowest BCUT2D eigenvalue weighted by molar-refractivity contribution is -0.151. The van der Waals surface area contributed by atoms with Crippen LogP contribution in [0.5, 0.6) is 0 Å². The van der Waals surface area contributed by atoms with Crippen molar-refractivity contribution in [3.05, 3.63) is 54.5 Å². The van der Waals surface area contributed by atoms with Gasteiger partial charge in [-0.05, 0) is 38.1 Å². The van der Waals surface area contributed by atoms with Crippen molar-refractivity contribution >= 4 is 11.7 Å². The Morgan fingerprint density at radius 2 is 1.90 bits per heavy atom. The van der Waals surface area contributed by atoms with Gasteiger partial charge in [0.25, 0.3) is 0 Å². The number of para-hydroxylation sites is 1. The molecule has 0 fully saturated rings. The summed E-state index contributed by atoms with van der Waals surface area (Å²) >= 11 is 0. The van der Waals surface area contributed by atoms with Gasteiger partial charge in [-0.25, -0.2) is 0 Å². The summed E-state index contributed by atoms with van der Waals surface area (Å²) in [6.45, 7) is 3.67. The predicted molar refractivity (Wildman–Crippen MR) is 77.3 cm³/mol. The number of rotatable bonds is 5. The quantitative estimate of drug-likeness (QED) is 0.845. The highest BCUT2D eigenvalue weighted by atomic mass is 16.5. The molecule has 4 nitrogen and oxygen atoms in total. The molecule has 0 aliphatic heterocycles. The van der Waals surface area contributed by atoms with Crippen LogP contribution >= 0.6 is 0 Å². The molecule has 106 valence electrons. The Balaban J connectivity index is 2.33. The van der Waals surface area contributed by atoms with Crippen LogP contribution in [0.4, 0.5) is 5.69 Å². The maximum atomic E-state index is 12.1. The number of benzene rings is 1. The van der Waals surface area contributed by atoms with Gasteiger partial charge in [0, 0.05) is 5.69 Å². The van der Waals surface area contributed by atoms with Gasteiger partial charge in [0.15, 0.2) is 0 Å². The minimum atomic E-state index is -0.761. The van der Waals surface area contributed by atoms with Gasteiger partial charge in [0.05, 0.1) is 18.8 Å². The minimum absolute atomic E-state index is 0.290. The van der Waals surface area contributed by atoms with Crippen LogP contribution in [0.25, 0.3) is 0 Å². The molecule has 0 saturated carbocycles. The molecule has 1 heterocycles. The molecule has 0 bridgehead atoms. The predicted octanol–water partition coefficient (Wildman–Crippen LogP) is 3.63. The molecule has 0 saturated heterocycles. The first-order chi connectivity index (χ1) is 9.55. The zero-order chi connectivity index (χ0) is 14.6. The van der Waals surface area contributed by atoms with Crippen LogP contribution in [0, 0.1) is 5.41 Å². The van der Waals surface area contributed by atoms with Crippen molar-refractivity contribution < 1.29 is 13.9 Å². The number of carbonyl (C=O) groups excluding carboxylic acids is 1. The van der Waals surface area contributed by atoms with E-state index in [0.29, 0.717) is 5.76 Å². The third kappa shape index (κ3) is 2.85. The van der Waals surface area contributed by atoms with Gasteiger partial charge >= 0.3 is 5.97 Å². The number of anilines is 1. The van der Waals surface area contributed by atoms with Crippen LogP contribution in [-0.4, -0.2) is 13.1 Å². The normalized spacial score (nSPS) is 12.8. The molecule has 4 heteroatoms. The lowest BCUT2D eigenvalue weighted by Gasteiger charge is -2.31. The SMILES string of the molecule is COC(=O)C(C)(C)C(Nc1ccccc1)c1ccco1. The van der Waals surface area contributed by atoms with E-state index in [0.717, 1.165) is 5.69 Å². The molecule has 1 atom stereocenters. The molecular formula is C16H19NO3. The van der Waals surface area contributed by atoms with Crippen LogP contribution in [0.1, 0.15) is 25.6 Å². The molecule has 1 aromatic carbocycles. The van der Waals surface area contributed by atoms with E-state index in [4.69, 9.17) is 9.15 Å².